The van der Waals surface area contributed by atoms with Crippen molar-refractivity contribution in [2.24, 2.45) is 0 Å². The first-order valence-electron chi connectivity index (χ1n) is 6.14. The highest BCUT2D eigenvalue weighted by Gasteiger charge is 2.07. The Bertz CT molecular complexity index is 198. The largest absolute Gasteiger partial charge is 0.481 e. The van der Waals surface area contributed by atoms with Crippen molar-refractivity contribution in [3.8, 4) is 0 Å². The van der Waals surface area contributed by atoms with Crippen LogP contribution in [0.4, 0.5) is 0 Å². The van der Waals surface area contributed by atoms with E-state index in [9.17, 15) is 4.79 Å². The highest BCUT2D eigenvalue weighted by molar-refractivity contribution is 5.66. The molecule has 0 aromatic carbocycles. The topological polar surface area (TPSA) is 53.0 Å². The summed E-state index contributed by atoms with van der Waals surface area (Å²) in [6.07, 6.45) is 2.24. The van der Waals surface area contributed by atoms with Crippen LogP contribution in [0.15, 0.2) is 0 Å². The van der Waals surface area contributed by atoms with Gasteiger partial charge < -0.3 is 19.6 Å². The van der Waals surface area contributed by atoms with E-state index in [2.05, 4.69) is 9.80 Å². The summed E-state index contributed by atoms with van der Waals surface area (Å²) in [5.41, 5.74) is 0. The maximum atomic E-state index is 10.6. The van der Waals surface area contributed by atoms with Crippen LogP contribution in [-0.2, 0) is 9.53 Å². The summed E-state index contributed by atoms with van der Waals surface area (Å²) in [5.74, 6) is -0.727. The maximum absolute atomic E-state index is 10.6. The zero-order valence-corrected chi connectivity index (χ0v) is 11.3. The molecule has 5 nitrogen and oxygen atoms in total. The summed E-state index contributed by atoms with van der Waals surface area (Å²) in [6.45, 7) is 4.27. The SMILES string of the molecule is COCCCN(CCCN(C)C)CCC(=O)O. The number of carbonyl (C=O) groups is 1. The van der Waals surface area contributed by atoms with Gasteiger partial charge in [0.2, 0.25) is 0 Å². The van der Waals surface area contributed by atoms with Crippen molar-refractivity contribution in [2.45, 2.75) is 19.3 Å². The van der Waals surface area contributed by atoms with Gasteiger partial charge in [0.15, 0.2) is 0 Å². The Labute approximate surface area is 104 Å². The molecule has 0 rings (SSSR count). The third kappa shape index (κ3) is 11.6. The number of ether oxygens (including phenoxy) is 1. The first-order chi connectivity index (χ1) is 8.06. The number of hydrogen-bond donors (Lipinski definition) is 1. The van der Waals surface area contributed by atoms with Gasteiger partial charge in [-0.3, -0.25) is 4.79 Å². The quantitative estimate of drug-likeness (QED) is 0.545. The van der Waals surface area contributed by atoms with Gasteiger partial charge in [-0.1, -0.05) is 0 Å². The predicted molar refractivity (Wildman–Crippen MR) is 68.4 cm³/mol. The molecule has 0 radical (unpaired) electrons. The molecule has 0 saturated carbocycles. The van der Waals surface area contributed by atoms with Crippen LogP contribution in [0, 0.1) is 0 Å². The van der Waals surface area contributed by atoms with Crippen LogP contribution < -0.4 is 0 Å². The van der Waals surface area contributed by atoms with Gasteiger partial charge in [-0.25, -0.2) is 0 Å². The lowest BCUT2D eigenvalue weighted by atomic mass is 10.3. The van der Waals surface area contributed by atoms with E-state index in [0.29, 0.717) is 6.54 Å². The standard InChI is InChI=1S/C12H26N2O3/c1-13(2)7-4-8-14(9-5-11-17-3)10-6-12(15)16/h4-11H2,1-3H3,(H,15,16). The molecule has 0 heterocycles. The number of hydrogen-bond acceptors (Lipinski definition) is 4. The summed E-state index contributed by atoms with van der Waals surface area (Å²) in [6, 6.07) is 0. The molecule has 5 heteroatoms. The Morgan fingerprint density at radius 1 is 1.12 bits per heavy atom. The summed E-state index contributed by atoms with van der Waals surface area (Å²) < 4.78 is 5.01. The Morgan fingerprint density at radius 3 is 2.29 bits per heavy atom. The molecule has 0 bridgehead atoms. The monoisotopic (exact) mass is 246 g/mol. The number of carboxylic acids is 1. The van der Waals surface area contributed by atoms with E-state index in [1.807, 2.05) is 14.1 Å². The van der Waals surface area contributed by atoms with E-state index < -0.39 is 5.97 Å². The fraction of sp³-hybridized carbons (Fsp3) is 0.917. The molecule has 0 aromatic heterocycles. The molecule has 102 valence electrons. The van der Waals surface area contributed by atoms with Gasteiger partial charge in [0.05, 0.1) is 6.42 Å². The van der Waals surface area contributed by atoms with Crippen molar-refractivity contribution in [2.75, 3.05) is 54.0 Å². The Kier molecular flexibility index (Phi) is 10.1. The van der Waals surface area contributed by atoms with E-state index in [1.165, 1.54) is 0 Å². The molecule has 0 amide bonds. The van der Waals surface area contributed by atoms with E-state index in [0.717, 1.165) is 39.1 Å². The van der Waals surface area contributed by atoms with E-state index in [-0.39, 0.29) is 6.42 Å². The minimum Gasteiger partial charge on any atom is -0.481 e. The van der Waals surface area contributed by atoms with Gasteiger partial charge in [-0.05, 0) is 40.0 Å². The van der Waals surface area contributed by atoms with Crippen LogP contribution in [0.2, 0.25) is 0 Å². The van der Waals surface area contributed by atoms with Crippen molar-refractivity contribution in [1.29, 1.82) is 0 Å². The normalized spacial score (nSPS) is 11.4. The summed E-state index contributed by atoms with van der Waals surface area (Å²) >= 11 is 0. The van der Waals surface area contributed by atoms with Gasteiger partial charge in [-0.2, -0.15) is 0 Å². The molecule has 0 saturated heterocycles. The molecule has 0 aliphatic carbocycles. The highest BCUT2D eigenvalue weighted by atomic mass is 16.5. The first kappa shape index (κ1) is 16.4. The molecule has 0 unspecified atom stereocenters. The lowest BCUT2D eigenvalue weighted by molar-refractivity contribution is -0.137. The van der Waals surface area contributed by atoms with Crippen molar-refractivity contribution >= 4 is 5.97 Å². The predicted octanol–water partition coefficient (Wildman–Crippen LogP) is 0.751. The number of nitrogens with zero attached hydrogens (tertiary/aromatic N) is 2. The fourth-order valence-electron chi connectivity index (χ4n) is 1.63. The average molecular weight is 246 g/mol. The average Bonchev–Trinajstić information content (AvgIpc) is 2.24. The number of carboxylic acid groups (broad SMARTS) is 1. The summed E-state index contributed by atoms with van der Waals surface area (Å²) in [5, 5.41) is 8.69. The minimum atomic E-state index is -0.727. The second-order valence-corrected chi connectivity index (χ2v) is 4.49. The zero-order valence-electron chi connectivity index (χ0n) is 11.3. The molecular formula is C12H26N2O3. The molecule has 1 N–H and O–H groups in total. The van der Waals surface area contributed by atoms with Crippen LogP contribution in [0.1, 0.15) is 19.3 Å². The summed E-state index contributed by atoms with van der Waals surface area (Å²) in [4.78, 5) is 14.9. The minimum absolute atomic E-state index is 0.217. The molecule has 17 heavy (non-hydrogen) atoms. The Balaban J connectivity index is 3.79. The van der Waals surface area contributed by atoms with Crippen LogP contribution in [0.3, 0.4) is 0 Å². The molecule has 0 aliphatic heterocycles. The maximum Gasteiger partial charge on any atom is 0.304 e. The second kappa shape index (κ2) is 10.5. The number of methoxy groups -OCH3 is 1. The smallest absolute Gasteiger partial charge is 0.304 e. The van der Waals surface area contributed by atoms with Crippen molar-refractivity contribution in [1.82, 2.24) is 9.80 Å². The molecule has 0 aliphatic rings. The number of rotatable bonds is 11. The molecule has 0 fully saturated rings. The van der Waals surface area contributed by atoms with Gasteiger partial charge in [0.25, 0.3) is 0 Å². The molecular weight excluding hydrogens is 220 g/mol. The van der Waals surface area contributed by atoms with Crippen molar-refractivity contribution in [3.05, 3.63) is 0 Å². The van der Waals surface area contributed by atoms with Crippen molar-refractivity contribution < 1.29 is 14.6 Å². The van der Waals surface area contributed by atoms with Crippen LogP contribution in [0.5, 0.6) is 0 Å². The lowest BCUT2D eigenvalue weighted by Crippen LogP contribution is -2.31. The lowest BCUT2D eigenvalue weighted by Gasteiger charge is -2.22. The molecule has 0 aromatic rings. The fourth-order valence-corrected chi connectivity index (χ4v) is 1.63. The van der Waals surface area contributed by atoms with Crippen LogP contribution in [0.25, 0.3) is 0 Å². The first-order valence-corrected chi connectivity index (χ1v) is 6.14. The highest BCUT2D eigenvalue weighted by Crippen LogP contribution is 1.98. The van der Waals surface area contributed by atoms with Crippen LogP contribution in [-0.4, -0.2) is 74.9 Å². The van der Waals surface area contributed by atoms with Gasteiger partial charge in [-0.15, -0.1) is 0 Å². The molecule has 0 spiro atoms. The second-order valence-electron chi connectivity index (χ2n) is 4.49. The third-order valence-corrected chi connectivity index (χ3v) is 2.54. The van der Waals surface area contributed by atoms with Gasteiger partial charge >= 0.3 is 5.97 Å². The van der Waals surface area contributed by atoms with Crippen molar-refractivity contribution in [3.63, 3.8) is 0 Å². The van der Waals surface area contributed by atoms with Gasteiger partial charge in [0, 0.05) is 26.8 Å². The molecule has 0 atom stereocenters. The van der Waals surface area contributed by atoms with E-state index in [4.69, 9.17) is 9.84 Å². The third-order valence-electron chi connectivity index (χ3n) is 2.54. The Hall–Kier alpha value is -0.650. The zero-order chi connectivity index (χ0) is 13.1. The van der Waals surface area contributed by atoms with E-state index in [1.54, 1.807) is 7.11 Å². The number of aliphatic carboxylic acids is 1. The Morgan fingerprint density at radius 2 is 1.76 bits per heavy atom. The summed E-state index contributed by atoms with van der Waals surface area (Å²) in [7, 11) is 5.78. The van der Waals surface area contributed by atoms with Crippen LogP contribution >= 0.6 is 0 Å². The van der Waals surface area contributed by atoms with Gasteiger partial charge in [0.1, 0.15) is 0 Å². The van der Waals surface area contributed by atoms with E-state index >= 15 is 0 Å².